The number of nitrogens with zero attached hydrogens (tertiary/aromatic N) is 4. The van der Waals surface area contributed by atoms with Gasteiger partial charge in [0.25, 0.3) is 0 Å². The zero-order valence-electron chi connectivity index (χ0n) is 16.8. The molecule has 2 aliphatic heterocycles. The second kappa shape index (κ2) is 11.1. The topological polar surface area (TPSA) is 30.0 Å². The number of hydrogen-bond acceptors (Lipinski definition) is 4. The normalized spacial score (nSPS) is 18.9. The van der Waals surface area contributed by atoms with Crippen molar-refractivity contribution >= 4 is 34.8 Å². The van der Waals surface area contributed by atoms with Crippen LogP contribution in [0.4, 0.5) is 5.69 Å². The first-order chi connectivity index (χ1) is 13.0. The smallest absolute Gasteiger partial charge is 0.236 e. The van der Waals surface area contributed by atoms with E-state index in [9.17, 15) is 4.79 Å². The van der Waals surface area contributed by atoms with E-state index >= 15 is 0 Å². The van der Waals surface area contributed by atoms with Crippen molar-refractivity contribution in [2.45, 2.75) is 20.8 Å². The van der Waals surface area contributed by atoms with E-state index in [-0.39, 0.29) is 5.91 Å². The van der Waals surface area contributed by atoms with Crippen molar-refractivity contribution in [2.75, 3.05) is 70.3 Å². The summed E-state index contributed by atoms with van der Waals surface area (Å²) in [6.07, 6.45) is 0. The zero-order valence-corrected chi connectivity index (χ0v) is 18.3. The molecule has 0 unspecified atom stereocenters. The van der Waals surface area contributed by atoms with Crippen LogP contribution >= 0.6 is 23.2 Å². The molecule has 1 aromatic carbocycles. The third-order valence-electron chi connectivity index (χ3n) is 5.12. The number of piperazine rings is 2. The lowest BCUT2D eigenvalue weighted by molar-refractivity contribution is -0.134. The van der Waals surface area contributed by atoms with Gasteiger partial charge in [-0.2, -0.15) is 0 Å². The summed E-state index contributed by atoms with van der Waals surface area (Å²) in [6.45, 7) is 15.0. The number of likely N-dealkylation sites (N-methyl/N-ethyl adjacent to an activating group) is 1. The summed E-state index contributed by atoms with van der Waals surface area (Å²) in [5.74, 6) is 0.259. The average molecular weight is 415 g/mol. The van der Waals surface area contributed by atoms with Crippen molar-refractivity contribution in [3.63, 3.8) is 0 Å². The van der Waals surface area contributed by atoms with Gasteiger partial charge >= 0.3 is 0 Å². The van der Waals surface area contributed by atoms with Crippen LogP contribution in [-0.2, 0) is 4.79 Å². The van der Waals surface area contributed by atoms with Gasteiger partial charge in [-0.3, -0.25) is 9.69 Å². The number of amides is 1. The lowest BCUT2D eigenvalue weighted by Crippen LogP contribution is -2.53. The molecule has 0 aromatic heterocycles. The molecule has 1 amide bonds. The van der Waals surface area contributed by atoms with Gasteiger partial charge in [0.15, 0.2) is 0 Å². The molecule has 0 saturated carbocycles. The van der Waals surface area contributed by atoms with Crippen LogP contribution in [0.3, 0.4) is 0 Å². The molecular formula is C20H32Cl2N4O. The van der Waals surface area contributed by atoms with Gasteiger partial charge < -0.3 is 14.7 Å². The van der Waals surface area contributed by atoms with E-state index in [1.807, 2.05) is 30.9 Å². The second-order valence-corrected chi connectivity index (χ2v) is 7.58. The molecule has 0 atom stereocenters. The zero-order chi connectivity index (χ0) is 19.8. The van der Waals surface area contributed by atoms with Crippen molar-refractivity contribution in [2.24, 2.45) is 0 Å². The highest BCUT2D eigenvalue weighted by Crippen LogP contribution is 2.26. The summed E-state index contributed by atoms with van der Waals surface area (Å²) >= 11 is 12.2. The molecule has 0 radical (unpaired) electrons. The standard InChI is InChI=1S/C18H26Cl2N4O.C2H6/c1-2-21-3-9-24(10-4-21)18(25)14-22-5-7-23(8-6-22)17-12-15(19)11-16(20)13-17;1-2/h11-13H,2-10,14H2,1H3;1-2H3. The molecular weight excluding hydrogens is 383 g/mol. The number of anilines is 1. The predicted molar refractivity (Wildman–Crippen MR) is 115 cm³/mol. The lowest BCUT2D eigenvalue weighted by Gasteiger charge is -2.38. The summed E-state index contributed by atoms with van der Waals surface area (Å²) in [7, 11) is 0. The minimum Gasteiger partial charge on any atom is -0.369 e. The largest absolute Gasteiger partial charge is 0.369 e. The number of carbonyl (C=O) groups excluding carboxylic acids is 1. The molecule has 2 fully saturated rings. The highest BCUT2D eigenvalue weighted by atomic mass is 35.5. The van der Waals surface area contributed by atoms with E-state index in [0.717, 1.165) is 64.6 Å². The number of benzene rings is 1. The minimum atomic E-state index is 0.259. The summed E-state index contributed by atoms with van der Waals surface area (Å²) in [5.41, 5.74) is 1.05. The van der Waals surface area contributed by atoms with E-state index in [1.54, 1.807) is 6.07 Å². The van der Waals surface area contributed by atoms with E-state index in [1.165, 1.54) is 0 Å². The van der Waals surface area contributed by atoms with Crippen LogP contribution < -0.4 is 4.90 Å². The highest BCUT2D eigenvalue weighted by molar-refractivity contribution is 6.35. The predicted octanol–water partition coefficient (Wildman–Crippen LogP) is 3.31. The van der Waals surface area contributed by atoms with E-state index in [2.05, 4.69) is 21.6 Å². The Kier molecular flexibility index (Phi) is 9.16. The highest BCUT2D eigenvalue weighted by Gasteiger charge is 2.24. The fourth-order valence-electron chi connectivity index (χ4n) is 3.49. The quantitative estimate of drug-likeness (QED) is 0.755. The van der Waals surface area contributed by atoms with E-state index in [4.69, 9.17) is 23.2 Å². The van der Waals surface area contributed by atoms with Crippen molar-refractivity contribution in [3.05, 3.63) is 28.2 Å². The molecule has 0 N–H and O–H groups in total. The molecule has 0 bridgehead atoms. The van der Waals surface area contributed by atoms with Crippen molar-refractivity contribution in [1.29, 1.82) is 0 Å². The van der Waals surface area contributed by atoms with Gasteiger partial charge in [0.1, 0.15) is 0 Å². The average Bonchev–Trinajstić information content (AvgIpc) is 2.69. The monoisotopic (exact) mass is 414 g/mol. The van der Waals surface area contributed by atoms with Crippen LogP contribution in [0.25, 0.3) is 0 Å². The Morgan fingerprint density at radius 3 is 1.89 bits per heavy atom. The second-order valence-electron chi connectivity index (χ2n) is 6.71. The van der Waals surface area contributed by atoms with E-state index < -0.39 is 0 Å². The van der Waals surface area contributed by atoms with Crippen molar-refractivity contribution in [1.82, 2.24) is 14.7 Å². The summed E-state index contributed by atoms with van der Waals surface area (Å²) in [6, 6.07) is 5.64. The van der Waals surface area contributed by atoms with Crippen molar-refractivity contribution in [3.8, 4) is 0 Å². The van der Waals surface area contributed by atoms with Crippen LogP contribution in [0.15, 0.2) is 18.2 Å². The number of hydrogen-bond donors (Lipinski definition) is 0. The summed E-state index contributed by atoms with van der Waals surface area (Å²) < 4.78 is 0. The fourth-order valence-corrected chi connectivity index (χ4v) is 4.01. The Hall–Kier alpha value is -1.01. The number of halogens is 2. The van der Waals surface area contributed by atoms with Gasteiger partial charge in [-0.15, -0.1) is 0 Å². The summed E-state index contributed by atoms with van der Waals surface area (Å²) in [5, 5.41) is 1.32. The van der Waals surface area contributed by atoms with Gasteiger partial charge in [0.2, 0.25) is 5.91 Å². The first kappa shape index (κ1) is 22.3. The van der Waals surface area contributed by atoms with Gasteiger partial charge in [0.05, 0.1) is 6.54 Å². The van der Waals surface area contributed by atoms with Crippen LogP contribution in [0, 0.1) is 0 Å². The Morgan fingerprint density at radius 1 is 0.852 bits per heavy atom. The maximum Gasteiger partial charge on any atom is 0.236 e. The first-order valence-electron chi connectivity index (χ1n) is 9.98. The van der Waals surface area contributed by atoms with Gasteiger partial charge in [-0.1, -0.05) is 44.0 Å². The van der Waals surface area contributed by atoms with Crippen LogP contribution in [0.5, 0.6) is 0 Å². The van der Waals surface area contributed by atoms with Crippen LogP contribution in [0.2, 0.25) is 10.0 Å². The molecule has 27 heavy (non-hydrogen) atoms. The molecule has 5 nitrogen and oxygen atoms in total. The molecule has 0 aliphatic carbocycles. The van der Waals surface area contributed by atoms with E-state index in [0.29, 0.717) is 16.6 Å². The maximum absolute atomic E-state index is 12.5. The maximum atomic E-state index is 12.5. The van der Waals surface area contributed by atoms with Crippen LogP contribution in [-0.4, -0.2) is 86.1 Å². The molecule has 7 heteroatoms. The third kappa shape index (κ3) is 6.53. The number of rotatable bonds is 4. The molecule has 1 aromatic rings. The summed E-state index contributed by atoms with van der Waals surface area (Å²) in [4.78, 5) is 21.4. The Balaban J connectivity index is 0.00000126. The molecule has 3 rings (SSSR count). The molecule has 0 spiro atoms. The van der Waals surface area contributed by atoms with Gasteiger partial charge in [-0.05, 0) is 24.7 Å². The van der Waals surface area contributed by atoms with Gasteiger partial charge in [-0.25, -0.2) is 0 Å². The Labute approximate surface area is 173 Å². The first-order valence-corrected chi connectivity index (χ1v) is 10.7. The lowest BCUT2D eigenvalue weighted by atomic mass is 10.2. The minimum absolute atomic E-state index is 0.259. The van der Waals surface area contributed by atoms with Crippen LogP contribution in [0.1, 0.15) is 20.8 Å². The Morgan fingerprint density at radius 2 is 1.37 bits per heavy atom. The molecule has 2 heterocycles. The number of carbonyl (C=O) groups is 1. The molecule has 2 aliphatic rings. The van der Waals surface area contributed by atoms with Gasteiger partial charge in [0, 0.05) is 68.1 Å². The third-order valence-corrected chi connectivity index (χ3v) is 5.55. The van der Waals surface area contributed by atoms with Crippen molar-refractivity contribution < 1.29 is 4.79 Å². The SMILES string of the molecule is CC.CCN1CCN(C(=O)CN2CCN(c3cc(Cl)cc(Cl)c3)CC2)CC1. The Bertz CT molecular complexity index is 577. The fraction of sp³-hybridized carbons (Fsp3) is 0.650. The molecule has 2 saturated heterocycles. The molecule has 152 valence electrons.